The smallest absolute Gasteiger partial charge is 0.225 e. The van der Waals surface area contributed by atoms with Crippen LogP contribution in [0.2, 0.25) is 0 Å². The van der Waals surface area contributed by atoms with Gasteiger partial charge in [0.25, 0.3) is 0 Å². The van der Waals surface area contributed by atoms with Crippen LogP contribution in [0.1, 0.15) is 64.2 Å². The van der Waals surface area contributed by atoms with Gasteiger partial charge in [-0.15, -0.1) is 0 Å². The quantitative estimate of drug-likeness (QED) is 0.868. The van der Waals surface area contributed by atoms with Crippen LogP contribution in [0.5, 0.6) is 0 Å². The van der Waals surface area contributed by atoms with E-state index in [2.05, 4.69) is 5.32 Å². The van der Waals surface area contributed by atoms with Crippen LogP contribution in [-0.2, 0) is 9.59 Å². The predicted octanol–water partition coefficient (Wildman–Crippen LogP) is 2.47. The third-order valence-electron chi connectivity index (χ3n) is 5.58. The van der Waals surface area contributed by atoms with Gasteiger partial charge in [-0.2, -0.15) is 0 Å². The summed E-state index contributed by atoms with van der Waals surface area (Å²) in [6.07, 6.45) is 11.0. The highest BCUT2D eigenvalue weighted by atomic mass is 16.2. The summed E-state index contributed by atoms with van der Waals surface area (Å²) in [5.41, 5.74) is 0. The largest absolute Gasteiger partial charge is 0.353 e. The zero-order valence-corrected chi connectivity index (χ0v) is 13.0. The fourth-order valence-electron chi connectivity index (χ4n) is 3.84. The number of amides is 2. The van der Waals surface area contributed by atoms with Gasteiger partial charge in [0.2, 0.25) is 11.8 Å². The Labute approximate surface area is 127 Å². The summed E-state index contributed by atoms with van der Waals surface area (Å²) in [6, 6.07) is 0.282. The summed E-state index contributed by atoms with van der Waals surface area (Å²) < 4.78 is 0. The van der Waals surface area contributed by atoms with Crippen molar-refractivity contribution in [1.29, 1.82) is 0 Å². The number of carbonyl (C=O) groups is 2. The first-order valence-corrected chi connectivity index (χ1v) is 8.83. The van der Waals surface area contributed by atoms with Gasteiger partial charge in [-0.05, 0) is 38.5 Å². The van der Waals surface area contributed by atoms with Crippen molar-refractivity contribution in [2.24, 2.45) is 11.8 Å². The van der Waals surface area contributed by atoms with Gasteiger partial charge in [0, 0.05) is 31.0 Å². The molecule has 1 saturated heterocycles. The average Bonchev–Trinajstić information content (AvgIpc) is 2.47. The van der Waals surface area contributed by atoms with Crippen LogP contribution >= 0.6 is 0 Å². The molecule has 21 heavy (non-hydrogen) atoms. The lowest BCUT2D eigenvalue weighted by atomic mass is 9.84. The molecular formula is C17H28N2O2. The Morgan fingerprint density at radius 3 is 1.95 bits per heavy atom. The minimum atomic E-state index is 0.244. The topological polar surface area (TPSA) is 49.4 Å². The van der Waals surface area contributed by atoms with Crippen LogP contribution in [0.3, 0.4) is 0 Å². The molecule has 2 saturated carbocycles. The normalized spacial score (nSPS) is 25.4. The number of likely N-dealkylation sites (tertiary alicyclic amines) is 1. The second kappa shape index (κ2) is 6.80. The number of hydrogen-bond donors (Lipinski definition) is 1. The van der Waals surface area contributed by atoms with Crippen molar-refractivity contribution in [3.63, 3.8) is 0 Å². The van der Waals surface area contributed by atoms with Crippen LogP contribution in [0.25, 0.3) is 0 Å². The van der Waals surface area contributed by atoms with Crippen LogP contribution in [0, 0.1) is 11.8 Å². The van der Waals surface area contributed by atoms with Crippen molar-refractivity contribution in [2.75, 3.05) is 13.1 Å². The van der Waals surface area contributed by atoms with E-state index >= 15 is 0 Å². The molecule has 4 heteroatoms. The molecule has 0 aromatic carbocycles. The third kappa shape index (κ3) is 3.58. The monoisotopic (exact) mass is 292 g/mol. The zero-order chi connectivity index (χ0) is 14.7. The van der Waals surface area contributed by atoms with Crippen molar-refractivity contribution in [3.05, 3.63) is 0 Å². The lowest BCUT2D eigenvalue weighted by molar-refractivity contribution is -0.139. The highest BCUT2D eigenvalue weighted by Gasteiger charge is 2.32. The number of rotatable bonds is 3. The molecule has 0 aromatic heterocycles. The van der Waals surface area contributed by atoms with Gasteiger partial charge in [0.05, 0.1) is 0 Å². The second-order valence-corrected chi connectivity index (χ2v) is 7.07. The van der Waals surface area contributed by atoms with Gasteiger partial charge < -0.3 is 10.2 Å². The Hall–Kier alpha value is -1.06. The number of nitrogens with one attached hydrogen (secondary N) is 1. The third-order valence-corrected chi connectivity index (χ3v) is 5.58. The Bertz CT molecular complexity index is 378. The van der Waals surface area contributed by atoms with Crippen molar-refractivity contribution in [1.82, 2.24) is 10.2 Å². The highest BCUT2D eigenvalue weighted by Crippen LogP contribution is 2.29. The van der Waals surface area contributed by atoms with E-state index in [1.165, 1.54) is 25.7 Å². The molecule has 3 rings (SSSR count). The van der Waals surface area contributed by atoms with E-state index in [0.717, 1.165) is 51.6 Å². The Morgan fingerprint density at radius 2 is 1.38 bits per heavy atom. The molecule has 1 heterocycles. The first-order valence-electron chi connectivity index (χ1n) is 8.83. The minimum absolute atomic E-state index is 0.244. The summed E-state index contributed by atoms with van der Waals surface area (Å²) in [6.45, 7) is 1.65. The van der Waals surface area contributed by atoms with Crippen LogP contribution < -0.4 is 5.32 Å². The van der Waals surface area contributed by atoms with Crippen molar-refractivity contribution < 1.29 is 9.59 Å². The van der Waals surface area contributed by atoms with Gasteiger partial charge >= 0.3 is 0 Å². The molecule has 0 bridgehead atoms. The number of nitrogens with zero attached hydrogens (tertiary/aromatic N) is 1. The molecule has 0 atom stereocenters. The van der Waals surface area contributed by atoms with Gasteiger partial charge in [-0.25, -0.2) is 0 Å². The lowest BCUT2D eigenvalue weighted by Gasteiger charge is -2.37. The summed E-state index contributed by atoms with van der Waals surface area (Å²) in [5, 5.41) is 3.23. The number of hydrogen-bond acceptors (Lipinski definition) is 2. The van der Waals surface area contributed by atoms with Crippen molar-refractivity contribution in [2.45, 2.75) is 70.3 Å². The van der Waals surface area contributed by atoms with Crippen LogP contribution in [0.4, 0.5) is 0 Å². The fourth-order valence-corrected chi connectivity index (χ4v) is 3.84. The van der Waals surface area contributed by atoms with E-state index in [0.29, 0.717) is 11.8 Å². The Kier molecular flexibility index (Phi) is 4.81. The molecule has 2 amide bonds. The van der Waals surface area contributed by atoms with Gasteiger partial charge in [0.1, 0.15) is 0 Å². The number of carbonyl (C=O) groups excluding carboxylic acids is 2. The standard InChI is InChI=1S/C17H28N2O2/c20-16(13-5-2-1-3-6-13)18-15-9-11-19(12-10-15)17(21)14-7-4-8-14/h13-15H,1-12H2,(H,18,20). The Balaban J connectivity index is 1.40. The summed E-state index contributed by atoms with van der Waals surface area (Å²) in [5.74, 6) is 1.17. The van der Waals surface area contributed by atoms with Gasteiger partial charge in [-0.1, -0.05) is 25.7 Å². The highest BCUT2D eigenvalue weighted by molar-refractivity contribution is 5.80. The second-order valence-electron chi connectivity index (χ2n) is 7.07. The van der Waals surface area contributed by atoms with E-state index in [4.69, 9.17) is 0 Å². The molecule has 4 nitrogen and oxygen atoms in total. The fraction of sp³-hybridized carbons (Fsp3) is 0.882. The van der Waals surface area contributed by atoms with E-state index in [-0.39, 0.29) is 17.9 Å². The van der Waals surface area contributed by atoms with E-state index in [1.807, 2.05) is 4.90 Å². The molecule has 3 fully saturated rings. The molecule has 118 valence electrons. The maximum absolute atomic E-state index is 12.3. The van der Waals surface area contributed by atoms with Gasteiger partial charge in [0.15, 0.2) is 0 Å². The zero-order valence-electron chi connectivity index (χ0n) is 13.0. The average molecular weight is 292 g/mol. The molecular weight excluding hydrogens is 264 g/mol. The number of piperidine rings is 1. The maximum Gasteiger partial charge on any atom is 0.225 e. The maximum atomic E-state index is 12.3. The summed E-state index contributed by atoms with van der Waals surface area (Å²) >= 11 is 0. The van der Waals surface area contributed by atoms with E-state index in [9.17, 15) is 9.59 Å². The molecule has 1 aliphatic heterocycles. The van der Waals surface area contributed by atoms with E-state index in [1.54, 1.807) is 0 Å². The lowest BCUT2D eigenvalue weighted by Crippen LogP contribution is -2.49. The van der Waals surface area contributed by atoms with Crippen LogP contribution in [-0.4, -0.2) is 35.8 Å². The molecule has 0 aromatic rings. The van der Waals surface area contributed by atoms with Crippen molar-refractivity contribution in [3.8, 4) is 0 Å². The SMILES string of the molecule is O=C(NC1CCN(C(=O)C2CCC2)CC1)C1CCCCC1. The summed E-state index contributed by atoms with van der Waals surface area (Å²) in [4.78, 5) is 26.5. The summed E-state index contributed by atoms with van der Waals surface area (Å²) in [7, 11) is 0. The van der Waals surface area contributed by atoms with Crippen LogP contribution in [0.15, 0.2) is 0 Å². The molecule has 0 unspecified atom stereocenters. The molecule has 0 radical (unpaired) electrons. The van der Waals surface area contributed by atoms with Gasteiger partial charge in [-0.3, -0.25) is 9.59 Å². The Morgan fingerprint density at radius 1 is 0.762 bits per heavy atom. The molecule has 1 N–H and O–H groups in total. The molecule has 3 aliphatic rings. The first-order chi connectivity index (χ1) is 10.2. The first kappa shape index (κ1) is 14.9. The van der Waals surface area contributed by atoms with E-state index < -0.39 is 0 Å². The minimum Gasteiger partial charge on any atom is -0.353 e. The van der Waals surface area contributed by atoms with Crippen molar-refractivity contribution >= 4 is 11.8 Å². The molecule has 0 spiro atoms. The molecule has 2 aliphatic carbocycles. The predicted molar refractivity (Wildman–Crippen MR) is 81.7 cm³/mol.